The average molecular weight is 348 g/mol. The quantitative estimate of drug-likeness (QED) is 0.893. The van der Waals surface area contributed by atoms with Crippen LogP contribution in [0.3, 0.4) is 0 Å². The first-order chi connectivity index (χ1) is 11.5. The minimum Gasteiger partial charge on any atom is -0.453 e. The Hall–Kier alpha value is -1.62. The van der Waals surface area contributed by atoms with Crippen molar-refractivity contribution in [2.24, 2.45) is 11.7 Å². The number of carbonyl (C=O) groups excluding carboxylic acids is 1. The summed E-state index contributed by atoms with van der Waals surface area (Å²) < 4.78 is 4.91. The molecule has 0 bridgehead atoms. The summed E-state index contributed by atoms with van der Waals surface area (Å²) in [6.45, 7) is 11.5. The maximum Gasteiger partial charge on any atom is 0.409 e. The third-order valence-corrected chi connectivity index (χ3v) is 5.27. The molecule has 5 heteroatoms. The highest BCUT2D eigenvalue weighted by Gasteiger charge is 2.41. The Morgan fingerprint density at radius 2 is 2.16 bits per heavy atom. The van der Waals surface area contributed by atoms with Crippen molar-refractivity contribution in [2.75, 3.05) is 13.7 Å². The Balaban J connectivity index is 1.97. The predicted octanol–water partition coefficient (Wildman–Crippen LogP) is 4.03. The number of nitrogens with two attached hydrogens (primary N) is 1. The molecule has 1 saturated heterocycles. The second kappa shape index (κ2) is 7.32. The van der Waals surface area contributed by atoms with Crippen molar-refractivity contribution in [2.45, 2.75) is 70.9 Å². The lowest BCUT2D eigenvalue weighted by Crippen LogP contribution is -2.42. The zero-order chi connectivity index (χ0) is 18.8. The van der Waals surface area contributed by atoms with Gasteiger partial charge in [-0.15, -0.1) is 0 Å². The molecule has 1 unspecified atom stereocenters. The highest BCUT2D eigenvalue weighted by Crippen LogP contribution is 2.36. The Bertz CT molecular complexity index is 607. The number of hydrogen-bond acceptors (Lipinski definition) is 4. The molecule has 1 fully saturated rings. The second-order valence-electron chi connectivity index (χ2n) is 8.87. The number of methoxy groups -OCH3 is 1. The van der Waals surface area contributed by atoms with E-state index in [4.69, 9.17) is 10.5 Å². The fraction of sp³-hybridized carbons (Fsp3) is 0.700. The van der Waals surface area contributed by atoms with Crippen LogP contribution in [0.4, 0.5) is 4.79 Å². The Labute approximate surface area is 151 Å². The van der Waals surface area contributed by atoms with Gasteiger partial charge in [0.15, 0.2) is 0 Å². The normalized spacial score (nSPS) is 21.2. The first kappa shape index (κ1) is 19.7. The molecular formula is C20H33N3O2. The number of carbonyl (C=O) groups is 1. The number of aromatic nitrogens is 1. The molecule has 25 heavy (non-hydrogen) atoms. The molecule has 0 aromatic carbocycles. The number of nitrogens with zero attached hydrogens (tertiary/aromatic N) is 2. The van der Waals surface area contributed by atoms with Gasteiger partial charge in [0.2, 0.25) is 0 Å². The molecule has 0 saturated carbocycles. The molecule has 140 valence electrons. The van der Waals surface area contributed by atoms with Gasteiger partial charge >= 0.3 is 6.09 Å². The molecule has 2 atom stereocenters. The van der Waals surface area contributed by atoms with Gasteiger partial charge in [0.25, 0.3) is 0 Å². The van der Waals surface area contributed by atoms with E-state index in [2.05, 4.69) is 51.7 Å². The summed E-state index contributed by atoms with van der Waals surface area (Å²) in [7, 11) is 1.44. The maximum atomic E-state index is 11.9. The van der Waals surface area contributed by atoms with Crippen molar-refractivity contribution in [3.05, 3.63) is 29.6 Å². The number of ether oxygens (including phenoxy) is 1. The van der Waals surface area contributed by atoms with Crippen molar-refractivity contribution in [1.29, 1.82) is 0 Å². The van der Waals surface area contributed by atoms with Crippen LogP contribution in [0.2, 0.25) is 0 Å². The lowest BCUT2D eigenvalue weighted by atomic mass is 9.86. The van der Waals surface area contributed by atoms with Gasteiger partial charge in [0.05, 0.1) is 12.8 Å². The summed E-state index contributed by atoms with van der Waals surface area (Å²) in [5.41, 5.74) is 8.55. The van der Waals surface area contributed by atoms with Crippen molar-refractivity contribution in [1.82, 2.24) is 9.88 Å². The molecule has 1 aliphatic rings. The van der Waals surface area contributed by atoms with E-state index in [1.807, 2.05) is 11.1 Å². The molecule has 5 nitrogen and oxygen atoms in total. The van der Waals surface area contributed by atoms with Crippen LogP contribution < -0.4 is 5.73 Å². The van der Waals surface area contributed by atoms with Gasteiger partial charge in [-0.3, -0.25) is 4.98 Å². The molecule has 1 aliphatic heterocycles. The van der Waals surface area contributed by atoms with Crippen LogP contribution in [0.1, 0.15) is 71.2 Å². The van der Waals surface area contributed by atoms with E-state index in [1.165, 1.54) is 12.7 Å². The molecule has 1 amide bonds. The lowest BCUT2D eigenvalue weighted by Gasteiger charge is -2.29. The van der Waals surface area contributed by atoms with Gasteiger partial charge in [0.1, 0.15) is 0 Å². The zero-order valence-electron chi connectivity index (χ0n) is 16.5. The van der Waals surface area contributed by atoms with Crippen LogP contribution in [0.5, 0.6) is 0 Å². The fourth-order valence-electron chi connectivity index (χ4n) is 3.69. The monoisotopic (exact) mass is 347 g/mol. The van der Waals surface area contributed by atoms with Crippen molar-refractivity contribution in [3.63, 3.8) is 0 Å². The zero-order valence-corrected chi connectivity index (χ0v) is 16.5. The molecule has 1 aromatic heterocycles. The Morgan fingerprint density at radius 1 is 1.48 bits per heavy atom. The number of amides is 1. The number of hydrogen-bond donors (Lipinski definition) is 1. The van der Waals surface area contributed by atoms with E-state index >= 15 is 0 Å². The van der Waals surface area contributed by atoms with E-state index in [9.17, 15) is 4.79 Å². The van der Waals surface area contributed by atoms with Gasteiger partial charge in [-0.25, -0.2) is 4.79 Å². The van der Waals surface area contributed by atoms with Crippen molar-refractivity contribution < 1.29 is 9.53 Å². The largest absolute Gasteiger partial charge is 0.453 e. The number of rotatable bonds is 4. The molecule has 0 aliphatic carbocycles. The topological polar surface area (TPSA) is 68.5 Å². The molecule has 2 rings (SSSR count). The molecule has 2 N–H and O–H groups in total. The number of pyridine rings is 1. The van der Waals surface area contributed by atoms with Crippen LogP contribution in [0.15, 0.2) is 18.3 Å². The van der Waals surface area contributed by atoms with Gasteiger partial charge in [-0.05, 0) is 62.1 Å². The minimum atomic E-state index is -0.239. The average Bonchev–Trinajstić information content (AvgIpc) is 2.85. The summed E-state index contributed by atoms with van der Waals surface area (Å²) in [5.74, 6) is 0.450. The van der Waals surface area contributed by atoms with Crippen LogP contribution in [-0.2, 0) is 10.2 Å². The third kappa shape index (κ3) is 4.72. The van der Waals surface area contributed by atoms with Gasteiger partial charge in [-0.1, -0.05) is 20.8 Å². The highest BCUT2D eigenvalue weighted by molar-refractivity contribution is 5.68. The van der Waals surface area contributed by atoms with Crippen LogP contribution in [0.25, 0.3) is 0 Å². The molecule has 0 spiro atoms. The molecular weight excluding hydrogens is 314 g/mol. The highest BCUT2D eigenvalue weighted by atomic mass is 16.5. The van der Waals surface area contributed by atoms with E-state index in [-0.39, 0.29) is 23.1 Å². The number of likely N-dealkylation sites (tertiary alicyclic amines) is 1. The Morgan fingerprint density at radius 3 is 2.76 bits per heavy atom. The molecule has 0 radical (unpaired) electrons. The van der Waals surface area contributed by atoms with E-state index in [0.29, 0.717) is 5.92 Å². The fourth-order valence-corrected chi connectivity index (χ4v) is 3.69. The SMILES string of the molecule is COC(=O)N1C[C@@H](CCC(N)c2cc(C(C)(C)C)ccn2)CC1(C)C. The molecule has 1 aromatic rings. The summed E-state index contributed by atoms with van der Waals surface area (Å²) in [5, 5.41) is 0. The smallest absolute Gasteiger partial charge is 0.409 e. The predicted molar refractivity (Wildman–Crippen MR) is 100 cm³/mol. The second-order valence-corrected chi connectivity index (χ2v) is 8.87. The van der Waals surface area contributed by atoms with Gasteiger partial charge in [-0.2, -0.15) is 0 Å². The summed E-state index contributed by atoms with van der Waals surface area (Å²) in [6.07, 6.45) is 4.45. The van der Waals surface area contributed by atoms with Crippen LogP contribution >= 0.6 is 0 Å². The van der Waals surface area contributed by atoms with E-state index in [0.717, 1.165) is 31.5 Å². The molecule has 2 heterocycles. The first-order valence-corrected chi connectivity index (χ1v) is 9.12. The standard InChI is InChI=1S/C20H33N3O2/c1-19(2,3)15-9-10-22-17(11-15)16(21)8-7-14-12-20(4,5)23(13-14)18(24)25-6/h9-11,14,16H,7-8,12-13,21H2,1-6H3/t14-,16?/m0/s1. The minimum absolute atomic E-state index is 0.0717. The van der Waals surface area contributed by atoms with Gasteiger partial charge in [0, 0.05) is 24.3 Å². The lowest BCUT2D eigenvalue weighted by molar-refractivity contribution is 0.0980. The maximum absolute atomic E-state index is 11.9. The summed E-state index contributed by atoms with van der Waals surface area (Å²) in [4.78, 5) is 18.2. The Kier molecular flexibility index (Phi) is 5.77. The van der Waals surface area contributed by atoms with Crippen LogP contribution in [0, 0.1) is 5.92 Å². The van der Waals surface area contributed by atoms with Gasteiger partial charge < -0.3 is 15.4 Å². The summed E-state index contributed by atoms with van der Waals surface area (Å²) in [6, 6.07) is 4.12. The first-order valence-electron chi connectivity index (χ1n) is 9.12. The van der Waals surface area contributed by atoms with Crippen molar-refractivity contribution >= 4 is 6.09 Å². The van der Waals surface area contributed by atoms with E-state index in [1.54, 1.807) is 0 Å². The van der Waals surface area contributed by atoms with Crippen LogP contribution in [-0.4, -0.2) is 35.2 Å². The third-order valence-electron chi connectivity index (χ3n) is 5.27. The van der Waals surface area contributed by atoms with E-state index < -0.39 is 0 Å². The van der Waals surface area contributed by atoms with Crippen molar-refractivity contribution in [3.8, 4) is 0 Å². The summed E-state index contributed by atoms with van der Waals surface area (Å²) >= 11 is 0.